The monoisotopic (exact) mass is 668 g/mol. The van der Waals surface area contributed by atoms with Crippen LogP contribution in [0.1, 0.15) is 22.3 Å². The molecule has 0 unspecified atom stereocenters. The van der Waals surface area contributed by atoms with E-state index in [0.717, 1.165) is 28.2 Å². The standard InChI is InChI=1S/C49H32OS/c1-3-15-35(16-4-1)49(36-17-5-2-6-18-36)43-24-11-12-25-45(43)50-46-32-34(27-29-44(46)49)47-30-31-48(51-47)42-21-10-9-20-40(42)39-23-13-22-38-37-19-8-7-14-33(37)26-28-41(38)39/h1-32H. The molecule has 1 aliphatic heterocycles. The van der Waals surface area contributed by atoms with Crippen LogP contribution in [-0.2, 0) is 5.41 Å². The van der Waals surface area contributed by atoms with E-state index in [2.05, 4.69) is 194 Å². The van der Waals surface area contributed by atoms with Gasteiger partial charge in [0.2, 0.25) is 0 Å². The number of ether oxygens (including phenoxy) is 1. The minimum absolute atomic E-state index is 0.519. The highest BCUT2D eigenvalue weighted by molar-refractivity contribution is 7.18. The molecule has 0 saturated carbocycles. The SMILES string of the molecule is c1ccc(C2(c3ccccc3)c3ccccc3Oc3cc(-c4ccc(-c5ccccc5-c5cccc6c5ccc5ccccc56)s4)ccc32)cc1. The van der Waals surface area contributed by atoms with Crippen molar-refractivity contribution < 1.29 is 4.74 Å². The molecule has 0 spiro atoms. The summed E-state index contributed by atoms with van der Waals surface area (Å²) < 4.78 is 6.78. The molecule has 0 fully saturated rings. The largest absolute Gasteiger partial charge is 0.457 e. The fraction of sp³-hybridized carbons (Fsp3) is 0.0204. The summed E-state index contributed by atoms with van der Waals surface area (Å²) in [6, 6.07) is 70.2. The van der Waals surface area contributed by atoms with Crippen molar-refractivity contribution in [3.63, 3.8) is 0 Å². The Balaban J connectivity index is 1.10. The van der Waals surface area contributed by atoms with Crippen LogP contribution in [-0.4, -0.2) is 0 Å². The topological polar surface area (TPSA) is 9.23 Å². The van der Waals surface area contributed by atoms with E-state index >= 15 is 0 Å². The molecule has 0 aliphatic carbocycles. The zero-order valence-corrected chi connectivity index (χ0v) is 28.6. The van der Waals surface area contributed by atoms with E-state index in [1.54, 1.807) is 0 Å². The average Bonchev–Trinajstić information content (AvgIpc) is 3.71. The quantitative estimate of drug-likeness (QED) is 0.166. The molecule has 0 radical (unpaired) electrons. The van der Waals surface area contributed by atoms with E-state index in [0.29, 0.717) is 0 Å². The van der Waals surface area contributed by atoms with Crippen LogP contribution in [0.25, 0.3) is 53.6 Å². The molecule has 9 aromatic rings. The molecule has 2 heterocycles. The molecule has 1 nitrogen and oxygen atoms in total. The van der Waals surface area contributed by atoms with Gasteiger partial charge in [0.15, 0.2) is 0 Å². The Morgan fingerprint density at radius 2 is 1.00 bits per heavy atom. The highest BCUT2D eigenvalue weighted by atomic mass is 32.1. The van der Waals surface area contributed by atoms with Crippen molar-refractivity contribution in [2.24, 2.45) is 0 Å². The molecule has 2 heteroatoms. The van der Waals surface area contributed by atoms with E-state index in [4.69, 9.17) is 4.74 Å². The summed E-state index contributed by atoms with van der Waals surface area (Å²) in [6.45, 7) is 0. The molecule has 0 N–H and O–H groups in total. The number of fused-ring (bicyclic) bond motifs is 5. The van der Waals surface area contributed by atoms with E-state index < -0.39 is 5.41 Å². The van der Waals surface area contributed by atoms with Gasteiger partial charge in [-0.1, -0.05) is 170 Å². The predicted molar refractivity (Wildman–Crippen MR) is 214 cm³/mol. The maximum absolute atomic E-state index is 6.78. The molecule has 51 heavy (non-hydrogen) atoms. The van der Waals surface area contributed by atoms with Crippen LogP contribution in [0.2, 0.25) is 0 Å². The molecule has 1 aromatic heterocycles. The third kappa shape index (κ3) is 4.68. The van der Waals surface area contributed by atoms with Crippen molar-refractivity contribution in [1.29, 1.82) is 0 Å². The number of hydrogen-bond donors (Lipinski definition) is 0. The molecule has 8 aromatic carbocycles. The molecule has 0 saturated heterocycles. The second kappa shape index (κ2) is 12.0. The van der Waals surface area contributed by atoms with Gasteiger partial charge in [-0.25, -0.2) is 0 Å². The summed E-state index contributed by atoms with van der Waals surface area (Å²) in [6.07, 6.45) is 0. The van der Waals surface area contributed by atoms with Gasteiger partial charge in [0.1, 0.15) is 11.5 Å². The normalized spacial score (nSPS) is 13.0. The third-order valence-electron chi connectivity index (χ3n) is 10.5. The van der Waals surface area contributed by atoms with Crippen molar-refractivity contribution in [3.05, 3.63) is 216 Å². The average molecular weight is 669 g/mol. The van der Waals surface area contributed by atoms with Gasteiger partial charge < -0.3 is 4.74 Å². The second-order valence-corrected chi connectivity index (χ2v) is 14.3. The highest BCUT2D eigenvalue weighted by Gasteiger charge is 2.45. The van der Waals surface area contributed by atoms with Crippen LogP contribution in [0.15, 0.2) is 194 Å². The van der Waals surface area contributed by atoms with Crippen LogP contribution in [0.3, 0.4) is 0 Å². The lowest BCUT2D eigenvalue weighted by Crippen LogP contribution is -2.34. The Morgan fingerprint density at radius 1 is 0.373 bits per heavy atom. The first-order valence-corrected chi connectivity index (χ1v) is 18.2. The van der Waals surface area contributed by atoms with Crippen LogP contribution >= 0.6 is 11.3 Å². The first-order chi connectivity index (χ1) is 25.3. The lowest BCUT2D eigenvalue weighted by atomic mass is 9.63. The van der Waals surface area contributed by atoms with Gasteiger partial charge in [-0.05, 0) is 79.2 Å². The van der Waals surface area contributed by atoms with Gasteiger partial charge >= 0.3 is 0 Å². The molecule has 240 valence electrons. The Hall–Kier alpha value is -6.22. The van der Waals surface area contributed by atoms with Crippen molar-refractivity contribution in [3.8, 4) is 43.5 Å². The Morgan fingerprint density at radius 3 is 1.82 bits per heavy atom. The van der Waals surface area contributed by atoms with Gasteiger partial charge in [-0.15, -0.1) is 11.3 Å². The minimum Gasteiger partial charge on any atom is -0.457 e. The second-order valence-electron chi connectivity index (χ2n) is 13.2. The highest BCUT2D eigenvalue weighted by Crippen LogP contribution is 2.56. The number of thiophene rings is 1. The first-order valence-electron chi connectivity index (χ1n) is 17.4. The van der Waals surface area contributed by atoms with Gasteiger partial charge in [-0.3, -0.25) is 0 Å². The molecule has 10 rings (SSSR count). The molecule has 0 bridgehead atoms. The van der Waals surface area contributed by atoms with Crippen molar-refractivity contribution in [1.82, 2.24) is 0 Å². The van der Waals surface area contributed by atoms with Gasteiger partial charge in [0.05, 0.1) is 5.41 Å². The number of benzene rings is 8. The van der Waals surface area contributed by atoms with Crippen LogP contribution in [0.5, 0.6) is 11.5 Å². The summed E-state index contributed by atoms with van der Waals surface area (Å²) >= 11 is 1.83. The fourth-order valence-corrected chi connectivity index (χ4v) is 9.25. The van der Waals surface area contributed by atoms with Gasteiger partial charge in [0, 0.05) is 20.9 Å². The molecule has 0 atom stereocenters. The number of hydrogen-bond acceptors (Lipinski definition) is 2. The van der Waals surface area contributed by atoms with Crippen LogP contribution in [0.4, 0.5) is 0 Å². The lowest BCUT2D eigenvalue weighted by molar-refractivity contribution is 0.435. The van der Waals surface area contributed by atoms with Crippen molar-refractivity contribution in [2.75, 3.05) is 0 Å². The Labute approximate surface area is 301 Å². The molecule has 1 aliphatic rings. The summed E-state index contributed by atoms with van der Waals surface area (Å²) in [5, 5.41) is 5.10. The van der Waals surface area contributed by atoms with Crippen molar-refractivity contribution >= 4 is 32.9 Å². The Kier molecular flexibility index (Phi) is 6.97. The fourth-order valence-electron chi connectivity index (χ4n) is 8.21. The smallest absolute Gasteiger partial charge is 0.132 e. The summed E-state index contributed by atoms with van der Waals surface area (Å²) in [5.41, 5.74) is 9.10. The van der Waals surface area contributed by atoms with Gasteiger partial charge in [-0.2, -0.15) is 0 Å². The summed E-state index contributed by atoms with van der Waals surface area (Å²) in [4.78, 5) is 2.45. The molecular weight excluding hydrogens is 637 g/mol. The zero-order chi connectivity index (χ0) is 33.8. The lowest BCUT2D eigenvalue weighted by Gasteiger charge is -2.41. The van der Waals surface area contributed by atoms with Gasteiger partial charge in [0.25, 0.3) is 0 Å². The molecular formula is C49H32OS. The number of rotatable bonds is 5. The van der Waals surface area contributed by atoms with E-state index in [1.165, 1.54) is 59.1 Å². The maximum atomic E-state index is 6.78. The third-order valence-corrected chi connectivity index (χ3v) is 11.6. The Bertz CT molecular complexity index is 2680. The first kappa shape index (κ1) is 29.7. The van der Waals surface area contributed by atoms with E-state index in [1.807, 2.05) is 11.3 Å². The van der Waals surface area contributed by atoms with E-state index in [-0.39, 0.29) is 0 Å². The number of para-hydroxylation sites is 1. The minimum atomic E-state index is -0.519. The van der Waals surface area contributed by atoms with Crippen LogP contribution in [0, 0.1) is 0 Å². The van der Waals surface area contributed by atoms with E-state index in [9.17, 15) is 0 Å². The zero-order valence-electron chi connectivity index (χ0n) is 27.8. The maximum Gasteiger partial charge on any atom is 0.132 e. The molecule has 0 amide bonds. The van der Waals surface area contributed by atoms with Crippen molar-refractivity contribution in [2.45, 2.75) is 5.41 Å². The summed E-state index contributed by atoms with van der Waals surface area (Å²) in [5.74, 6) is 1.77. The summed E-state index contributed by atoms with van der Waals surface area (Å²) in [7, 11) is 0. The van der Waals surface area contributed by atoms with Crippen LogP contribution < -0.4 is 4.74 Å². The predicted octanol–water partition coefficient (Wildman–Crippen LogP) is 13.5.